The predicted octanol–water partition coefficient (Wildman–Crippen LogP) is 7.82. The minimum atomic E-state index is -0.842. The van der Waals surface area contributed by atoms with E-state index in [0.717, 1.165) is 61.4 Å². The van der Waals surface area contributed by atoms with E-state index in [0.29, 0.717) is 19.3 Å². The van der Waals surface area contributed by atoms with Crippen molar-refractivity contribution >= 4 is 12.1 Å². The first-order valence-electron chi connectivity index (χ1n) is 17.8. The molecule has 6 rings (SSSR count). The normalized spacial score (nSPS) is 17.0. The number of fused-ring (bicyclic) bond motifs is 3. The average molecular weight is 663 g/mol. The molecule has 0 bridgehead atoms. The number of alkyl carbamates (subject to hydrolysis) is 1. The molecule has 0 spiro atoms. The summed E-state index contributed by atoms with van der Waals surface area (Å²) in [7, 11) is 0. The number of carbonyl (C=O) groups is 2. The monoisotopic (exact) mass is 662 g/mol. The maximum atomic E-state index is 13.3. The number of nitrogens with zero attached hydrogens (tertiary/aromatic N) is 3. The summed E-state index contributed by atoms with van der Waals surface area (Å²) in [6, 6.07) is 27.1. The summed E-state index contributed by atoms with van der Waals surface area (Å²) in [4.78, 5) is 33.4. The highest BCUT2D eigenvalue weighted by Gasteiger charge is 2.36. The summed E-state index contributed by atoms with van der Waals surface area (Å²) >= 11 is 0. The molecule has 2 N–H and O–H groups in total. The molecule has 8 heteroatoms. The molecule has 258 valence electrons. The zero-order valence-corrected chi connectivity index (χ0v) is 29.3. The first-order chi connectivity index (χ1) is 23.6. The third kappa shape index (κ3) is 8.24. The number of rotatable bonds is 12. The fourth-order valence-electron chi connectivity index (χ4n) is 7.76. The Kier molecular flexibility index (Phi) is 10.5. The van der Waals surface area contributed by atoms with Crippen molar-refractivity contribution in [2.24, 2.45) is 5.92 Å². The Morgan fingerprint density at radius 3 is 2.29 bits per heavy atom. The largest absolute Gasteiger partial charge is 0.481 e. The number of carbonyl (C=O) groups excluding carboxylic acids is 1. The summed E-state index contributed by atoms with van der Waals surface area (Å²) in [5.41, 5.74) is 7.16. The van der Waals surface area contributed by atoms with Gasteiger partial charge in [-0.1, -0.05) is 66.7 Å². The number of imidazole rings is 1. The molecule has 1 saturated heterocycles. The lowest BCUT2D eigenvalue weighted by molar-refractivity contribution is -0.142. The summed E-state index contributed by atoms with van der Waals surface area (Å²) in [6.07, 6.45) is 6.60. The van der Waals surface area contributed by atoms with Crippen LogP contribution < -0.4 is 5.32 Å². The van der Waals surface area contributed by atoms with Crippen LogP contribution in [0.25, 0.3) is 16.8 Å². The van der Waals surface area contributed by atoms with Gasteiger partial charge in [-0.15, -0.1) is 0 Å². The van der Waals surface area contributed by atoms with Crippen molar-refractivity contribution in [1.82, 2.24) is 19.8 Å². The highest BCUT2D eigenvalue weighted by molar-refractivity contribution is 5.71. The van der Waals surface area contributed by atoms with Gasteiger partial charge in [0.15, 0.2) is 0 Å². The minimum absolute atomic E-state index is 0.0427. The molecule has 8 nitrogen and oxygen atoms in total. The standard InChI is InChI=1S/C41H50N4O4/c1-28(44-23-11-12-24-44)38(30-15-9-6-10-16-30)34(43-40(48)49-41(2,3)4)20-17-33(39(46)47)26-35-37-22-19-32-25-31(29-13-7-5-8-14-29)18-21-36(32)45(37)27-42-35/h5-10,13-16,18,21,25,27-28,33-34,38H,11-12,17,19-20,22-24,26H2,1-4H3,(H,43,48)(H,46,47)/t28?,33-,34?,38?/m0/s1. The number of nitrogens with one attached hydrogen (secondary N) is 1. The molecule has 3 aromatic carbocycles. The lowest BCUT2D eigenvalue weighted by Gasteiger charge is -2.38. The van der Waals surface area contributed by atoms with Gasteiger partial charge in [0.1, 0.15) is 5.60 Å². The Balaban J connectivity index is 1.23. The molecule has 3 unspecified atom stereocenters. The zero-order chi connectivity index (χ0) is 34.5. The average Bonchev–Trinajstić information content (AvgIpc) is 3.77. The van der Waals surface area contributed by atoms with E-state index in [1.54, 1.807) is 0 Å². The third-order valence-corrected chi connectivity index (χ3v) is 10.2. The van der Waals surface area contributed by atoms with E-state index in [2.05, 4.69) is 76.3 Å². The Morgan fingerprint density at radius 2 is 1.61 bits per heavy atom. The topological polar surface area (TPSA) is 96.7 Å². The van der Waals surface area contributed by atoms with Crippen LogP contribution in [0.2, 0.25) is 0 Å². The number of aryl methyl sites for hydroxylation is 1. The second kappa shape index (κ2) is 15.0. The van der Waals surface area contributed by atoms with Gasteiger partial charge in [-0.25, -0.2) is 9.78 Å². The molecule has 3 heterocycles. The summed E-state index contributed by atoms with van der Waals surface area (Å²) in [5.74, 6) is -1.54. The fraction of sp³-hybridized carbons (Fsp3) is 0.439. The second-order valence-corrected chi connectivity index (χ2v) is 14.7. The van der Waals surface area contributed by atoms with Gasteiger partial charge in [0.2, 0.25) is 0 Å². The summed E-state index contributed by atoms with van der Waals surface area (Å²) in [5, 5.41) is 13.7. The third-order valence-electron chi connectivity index (χ3n) is 10.2. The number of carboxylic acids is 1. The molecule has 2 aliphatic heterocycles. The van der Waals surface area contributed by atoms with Crippen LogP contribution in [0, 0.1) is 5.92 Å². The van der Waals surface area contributed by atoms with Crippen molar-refractivity contribution in [2.75, 3.05) is 13.1 Å². The van der Waals surface area contributed by atoms with Gasteiger partial charge in [-0.2, -0.15) is 0 Å². The van der Waals surface area contributed by atoms with Crippen LogP contribution in [0.15, 0.2) is 85.2 Å². The molecule has 1 aromatic heterocycles. The van der Waals surface area contributed by atoms with Crippen LogP contribution in [0.1, 0.15) is 81.8 Å². The maximum Gasteiger partial charge on any atom is 0.407 e. The van der Waals surface area contributed by atoms with Crippen molar-refractivity contribution in [3.63, 3.8) is 0 Å². The van der Waals surface area contributed by atoms with Crippen molar-refractivity contribution in [3.05, 3.63) is 108 Å². The molecule has 1 fully saturated rings. The van der Waals surface area contributed by atoms with Gasteiger partial charge >= 0.3 is 12.1 Å². The van der Waals surface area contributed by atoms with Gasteiger partial charge in [0.25, 0.3) is 0 Å². The highest BCUT2D eigenvalue weighted by atomic mass is 16.6. The zero-order valence-electron chi connectivity index (χ0n) is 29.3. The molecule has 2 aliphatic rings. The highest BCUT2D eigenvalue weighted by Crippen LogP contribution is 2.34. The summed E-state index contributed by atoms with van der Waals surface area (Å²) in [6.45, 7) is 9.84. The number of ether oxygens (including phenoxy) is 1. The molecule has 0 saturated carbocycles. The Bertz CT molecular complexity index is 1720. The Labute approximate surface area is 290 Å². The Morgan fingerprint density at radius 1 is 0.918 bits per heavy atom. The quantitative estimate of drug-likeness (QED) is 0.161. The van der Waals surface area contributed by atoms with Crippen molar-refractivity contribution in [3.8, 4) is 16.8 Å². The van der Waals surface area contributed by atoms with Gasteiger partial charge in [0.05, 0.1) is 23.6 Å². The molecule has 0 aliphatic carbocycles. The van der Waals surface area contributed by atoms with Gasteiger partial charge < -0.3 is 19.7 Å². The van der Waals surface area contributed by atoms with Crippen LogP contribution >= 0.6 is 0 Å². The summed E-state index contributed by atoms with van der Waals surface area (Å²) < 4.78 is 7.87. The number of benzene rings is 3. The number of carboxylic acid groups (broad SMARTS) is 1. The molecular formula is C41H50N4O4. The number of aromatic nitrogens is 2. The van der Waals surface area contributed by atoms with Gasteiger partial charge in [-0.05, 0) is 114 Å². The molecular weight excluding hydrogens is 612 g/mol. The van der Waals surface area contributed by atoms with E-state index in [1.807, 2.05) is 51.4 Å². The van der Waals surface area contributed by atoms with Crippen LogP contribution in [0.3, 0.4) is 0 Å². The fourth-order valence-corrected chi connectivity index (χ4v) is 7.76. The molecule has 0 radical (unpaired) electrons. The van der Waals surface area contributed by atoms with E-state index >= 15 is 0 Å². The van der Waals surface area contributed by atoms with E-state index < -0.39 is 23.6 Å². The smallest absolute Gasteiger partial charge is 0.407 e. The van der Waals surface area contributed by atoms with Crippen LogP contribution in [-0.4, -0.2) is 62.4 Å². The minimum Gasteiger partial charge on any atom is -0.481 e. The van der Waals surface area contributed by atoms with E-state index in [1.165, 1.54) is 16.7 Å². The van der Waals surface area contributed by atoms with Crippen LogP contribution in [0.4, 0.5) is 4.79 Å². The molecule has 4 atom stereocenters. The second-order valence-electron chi connectivity index (χ2n) is 14.7. The first-order valence-corrected chi connectivity index (χ1v) is 17.8. The first kappa shape index (κ1) is 34.4. The lowest BCUT2D eigenvalue weighted by atomic mass is 9.81. The van der Waals surface area contributed by atoms with Crippen LogP contribution in [0.5, 0.6) is 0 Å². The predicted molar refractivity (Wildman–Crippen MR) is 193 cm³/mol. The number of amides is 1. The van der Waals surface area contributed by atoms with Gasteiger partial charge in [0, 0.05) is 30.1 Å². The van der Waals surface area contributed by atoms with Crippen molar-refractivity contribution in [2.45, 2.75) is 96.2 Å². The number of hydrogen-bond donors (Lipinski definition) is 2. The SMILES string of the molecule is CC(C(c1ccccc1)C(CC[C@@H](Cc1ncn2c1CCc1cc(-c3ccccc3)ccc1-2)C(=O)O)NC(=O)OC(C)(C)C)N1CCCC1. The van der Waals surface area contributed by atoms with Crippen LogP contribution in [-0.2, 0) is 28.8 Å². The van der Waals surface area contributed by atoms with E-state index in [-0.39, 0.29) is 18.0 Å². The van der Waals surface area contributed by atoms with E-state index in [4.69, 9.17) is 9.72 Å². The van der Waals surface area contributed by atoms with E-state index in [9.17, 15) is 14.7 Å². The van der Waals surface area contributed by atoms with Crippen molar-refractivity contribution in [1.29, 1.82) is 0 Å². The number of likely N-dealkylation sites (tertiary alicyclic amines) is 1. The molecule has 1 amide bonds. The molecule has 49 heavy (non-hydrogen) atoms. The maximum absolute atomic E-state index is 13.3. The lowest BCUT2D eigenvalue weighted by Crippen LogP contribution is -2.49. The number of hydrogen-bond acceptors (Lipinski definition) is 5. The van der Waals surface area contributed by atoms with Gasteiger partial charge in [-0.3, -0.25) is 9.69 Å². The molecule has 4 aromatic rings. The van der Waals surface area contributed by atoms with Crippen molar-refractivity contribution < 1.29 is 19.4 Å². The number of aliphatic carboxylic acids is 1. The Hall–Kier alpha value is -4.43.